The maximum atomic E-state index is 10.7. The Labute approximate surface area is 67.4 Å². The van der Waals surface area contributed by atoms with Crippen molar-refractivity contribution in [2.45, 2.75) is 33.6 Å². The van der Waals surface area contributed by atoms with Crippen LogP contribution in [-0.4, -0.2) is 23.3 Å². The Kier molecular flexibility index (Phi) is 4.50. The number of carbonyl (C=O) groups excluding carboxylic acids is 2. The molecule has 11 heavy (non-hydrogen) atoms. The van der Waals surface area contributed by atoms with Crippen LogP contribution in [-0.2, 0) is 9.59 Å². The van der Waals surface area contributed by atoms with Crippen molar-refractivity contribution in [3.8, 4) is 0 Å². The van der Waals surface area contributed by atoms with E-state index in [1.54, 1.807) is 0 Å². The number of likely N-dealkylation sites (tertiary alicyclic amines) is 1. The highest BCUT2D eigenvalue weighted by atomic mass is 16.2. The van der Waals surface area contributed by atoms with Crippen LogP contribution >= 0.6 is 0 Å². The molecule has 1 aliphatic rings. The topological polar surface area (TPSA) is 37.4 Å². The molecule has 3 heteroatoms. The van der Waals surface area contributed by atoms with Crippen LogP contribution in [0.5, 0.6) is 0 Å². The van der Waals surface area contributed by atoms with Gasteiger partial charge in [0.2, 0.25) is 11.8 Å². The summed E-state index contributed by atoms with van der Waals surface area (Å²) >= 11 is 0. The SMILES string of the molecule is CC.CC(=O)N1CCCC1=O. The van der Waals surface area contributed by atoms with Gasteiger partial charge in [-0.2, -0.15) is 0 Å². The maximum absolute atomic E-state index is 10.7. The summed E-state index contributed by atoms with van der Waals surface area (Å²) in [5, 5.41) is 0. The fraction of sp³-hybridized carbons (Fsp3) is 0.750. The van der Waals surface area contributed by atoms with Crippen LogP contribution in [0.15, 0.2) is 0 Å². The summed E-state index contributed by atoms with van der Waals surface area (Å²) in [4.78, 5) is 22.6. The monoisotopic (exact) mass is 157 g/mol. The summed E-state index contributed by atoms with van der Waals surface area (Å²) in [5.74, 6) is -0.153. The van der Waals surface area contributed by atoms with Crippen molar-refractivity contribution in [3.63, 3.8) is 0 Å². The van der Waals surface area contributed by atoms with Gasteiger partial charge in [-0.15, -0.1) is 0 Å². The molecule has 1 heterocycles. The van der Waals surface area contributed by atoms with Gasteiger partial charge in [-0.25, -0.2) is 0 Å². The molecule has 0 saturated carbocycles. The van der Waals surface area contributed by atoms with Gasteiger partial charge in [0.1, 0.15) is 0 Å². The first-order valence-electron chi connectivity index (χ1n) is 4.03. The smallest absolute Gasteiger partial charge is 0.229 e. The van der Waals surface area contributed by atoms with Crippen LogP contribution in [0, 0.1) is 0 Å². The lowest BCUT2D eigenvalue weighted by Crippen LogP contribution is -2.29. The zero-order valence-corrected chi connectivity index (χ0v) is 7.39. The highest BCUT2D eigenvalue weighted by Crippen LogP contribution is 2.08. The van der Waals surface area contributed by atoms with Gasteiger partial charge in [0, 0.05) is 19.9 Å². The first kappa shape index (κ1) is 10.1. The highest BCUT2D eigenvalue weighted by molar-refractivity contribution is 5.95. The minimum absolute atomic E-state index is 0.0255. The predicted octanol–water partition coefficient (Wildman–Crippen LogP) is 1.18. The van der Waals surface area contributed by atoms with Gasteiger partial charge in [-0.3, -0.25) is 14.5 Å². The van der Waals surface area contributed by atoms with E-state index in [-0.39, 0.29) is 11.8 Å². The number of imide groups is 1. The Morgan fingerprint density at radius 1 is 1.45 bits per heavy atom. The van der Waals surface area contributed by atoms with Crippen LogP contribution in [0.25, 0.3) is 0 Å². The summed E-state index contributed by atoms with van der Waals surface area (Å²) in [7, 11) is 0. The molecule has 0 N–H and O–H groups in total. The van der Waals surface area contributed by atoms with E-state index in [2.05, 4.69) is 0 Å². The van der Waals surface area contributed by atoms with E-state index in [9.17, 15) is 9.59 Å². The fourth-order valence-corrected chi connectivity index (χ4v) is 0.981. The molecule has 0 aromatic heterocycles. The average molecular weight is 157 g/mol. The second-order valence-electron chi connectivity index (χ2n) is 2.17. The normalized spacial score (nSPS) is 15.9. The summed E-state index contributed by atoms with van der Waals surface area (Å²) in [6.45, 7) is 6.04. The number of carbonyl (C=O) groups is 2. The van der Waals surface area contributed by atoms with E-state index >= 15 is 0 Å². The summed E-state index contributed by atoms with van der Waals surface area (Å²) in [5.41, 5.74) is 0. The lowest BCUT2D eigenvalue weighted by Gasteiger charge is -2.08. The third-order valence-corrected chi connectivity index (χ3v) is 1.45. The van der Waals surface area contributed by atoms with Gasteiger partial charge in [0.25, 0.3) is 0 Å². The zero-order valence-electron chi connectivity index (χ0n) is 7.39. The van der Waals surface area contributed by atoms with Crippen molar-refractivity contribution in [3.05, 3.63) is 0 Å². The van der Waals surface area contributed by atoms with Crippen molar-refractivity contribution < 1.29 is 9.59 Å². The molecule has 0 spiro atoms. The van der Waals surface area contributed by atoms with Crippen LogP contribution in [0.3, 0.4) is 0 Å². The third-order valence-electron chi connectivity index (χ3n) is 1.45. The van der Waals surface area contributed by atoms with Crippen molar-refractivity contribution in [1.29, 1.82) is 0 Å². The maximum Gasteiger partial charge on any atom is 0.229 e. The molecule has 0 aromatic carbocycles. The number of rotatable bonds is 0. The van der Waals surface area contributed by atoms with Crippen molar-refractivity contribution in [2.24, 2.45) is 0 Å². The molecular formula is C8H15NO2. The van der Waals surface area contributed by atoms with Crippen LogP contribution in [0.2, 0.25) is 0 Å². The first-order valence-corrected chi connectivity index (χ1v) is 4.03. The van der Waals surface area contributed by atoms with E-state index in [0.29, 0.717) is 13.0 Å². The van der Waals surface area contributed by atoms with Crippen LogP contribution < -0.4 is 0 Å². The Hall–Kier alpha value is -0.860. The largest absolute Gasteiger partial charge is 0.283 e. The van der Waals surface area contributed by atoms with E-state index < -0.39 is 0 Å². The molecule has 0 aliphatic carbocycles. The molecule has 0 aromatic rings. The Morgan fingerprint density at radius 2 is 2.00 bits per heavy atom. The summed E-state index contributed by atoms with van der Waals surface area (Å²) in [6, 6.07) is 0. The van der Waals surface area contributed by atoms with Gasteiger partial charge in [0.05, 0.1) is 0 Å². The molecule has 0 radical (unpaired) electrons. The lowest BCUT2D eigenvalue weighted by atomic mass is 10.4. The van der Waals surface area contributed by atoms with E-state index in [0.717, 1.165) is 6.42 Å². The average Bonchev–Trinajstić information content (AvgIpc) is 2.39. The molecule has 1 rings (SSSR count). The molecule has 1 fully saturated rings. The van der Waals surface area contributed by atoms with Gasteiger partial charge in [-0.05, 0) is 6.42 Å². The van der Waals surface area contributed by atoms with Gasteiger partial charge >= 0.3 is 0 Å². The van der Waals surface area contributed by atoms with E-state index in [1.165, 1.54) is 11.8 Å². The van der Waals surface area contributed by atoms with Gasteiger partial charge in [-0.1, -0.05) is 13.8 Å². The zero-order chi connectivity index (χ0) is 8.85. The van der Waals surface area contributed by atoms with Crippen LogP contribution in [0.1, 0.15) is 33.6 Å². The molecule has 3 nitrogen and oxygen atoms in total. The number of hydrogen-bond acceptors (Lipinski definition) is 2. The lowest BCUT2D eigenvalue weighted by molar-refractivity contribution is -0.140. The second-order valence-corrected chi connectivity index (χ2v) is 2.17. The molecule has 0 atom stereocenters. The van der Waals surface area contributed by atoms with E-state index in [4.69, 9.17) is 0 Å². The number of hydrogen-bond donors (Lipinski definition) is 0. The van der Waals surface area contributed by atoms with Crippen LogP contribution in [0.4, 0.5) is 0 Å². The van der Waals surface area contributed by atoms with E-state index in [1.807, 2.05) is 13.8 Å². The van der Waals surface area contributed by atoms with Gasteiger partial charge < -0.3 is 0 Å². The summed E-state index contributed by atoms with van der Waals surface area (Å²) < 4.78 is 0. The number of nitrogens with zero attached hydrogens (tertiary/aromatic N) is 1. The molecule has 0 unspecified atom stereocenters. The molecule has 64 valence electrons. The quantitative estimate of drug-likeness (QED) is 0.529. The number of amides is 2. The van der Waals surface area contributed by atoms with Gasteiger partial charge in [0.15, 0.2) is 0 Å². The Bertz CT molecular complexity index is 154. The predicted molar refractivity (Wildman–Crippen MR) is 43.0 cm³/mol. The molecule has 1 saturated heterocycles. The Morgan fingerprint density at radius 3 is 2.18 bits per heavy atom. The minimum Gasteiger partial charge on any atom is -0.283 e. The summed E-state index contributed by atoms with van der Waals surface area (Å²) in [6.07, 6.45) is 1.37. The molecule has 0 bridgehead atoms. The minimum atomic E-state index is -0.127. The molecule has 2 amide bonds. The van der Waals surface area contributed by atoms with Crippen molar-refractivity contribution >= 4 is 11.8 Å². The fourth-order valence-electron chi connectivity index (χ4n) is 0.981. The Balaban J connectivity index is 0.000000461. The first-order chi connectivity index (χ1) is 5.22. The molecule has 1 aliphatic heterocycles. The highest BCUT2D eigenvalue weighted by Gasteiger charge is 2.22. The van der Waals surface area contributed by atoms with Crippen molar-refractivity contribution in [1.82, 2.24) is 4.90 Å². The standard InChI is InChI=1S/C6H9NO2.C2H6/c1-5(8)7-4-2-3-6(7)9;1-2/h2-4H2,1H3;1-2H3. The van der Waals surface area contributed by atoms with Crippen molar-refractivity contribution in [2.75, 3.05) is 6.54 Å². The second kappa shape index (κ2) is 4.88. The molecular weight excluding hydrogens is 142 g/mol. The third kappa shape index (κ3) is 2.70.